The molecule has 3 aromatic carbocycles. The number of methoxy groups -OCH3 is 1. The number of nitrogens with zero attached hydrogens (tertiary/aromatic N) is 1. The molecule has 1 heterocycles. The highest BCUT2D eigenvalue weighted by molar-refractivity contribution is 6.10. The van der Waals surface area contributed by atoms with Crippen molar-refractivity contribution in [1.29, 1.82) is 0 Å². The molecule has 0 atom stereocenters. The van der Waals surface area contributed by atoms with Crippen LogP contribution in [0, 0.1) is 0 Å². The molecule has 1 amide bonds. The Morgan fingerprint density at radius 2 is 1.68 bits per heavy atom. The number of aryl methyl sites for hydroxylation is 1. The van der Waals surface area contributed by atoms with E-state index in [4.69, 9.17) is 4.74 Å². The molecule has 0 unspecified atom stereocenters. The van der Waals surface area contributed by atoms with Crippen molar-refractivity contribution in [3.05, 3.63) is 95.2 Å². The number of aromatic nitrogens is 1. The van der Waals surface area contributed by atoms with Crippen LogP contribution in [0.4, 0.5) is 24.5 Å². The zero-order valence-electron chi connectivity index (χ0n) is 20.9. The van der Waals surface area contributed by atoms with Gasteiger partial charge in [-0.15, -0.1) is 0 Å². The second-order valence-corrected chi connectivity index (χ2v) is 9.46. The summed E-state index contributed by atoms with van der Waals surface area (Å²) in [5.74, 6) is -0.793. The predicted octanol–water partition coefficient (Wildman–Crippen LogP) is 6.54. The van der Waals surface area contributed by atoms with Crippen LogP contribution in [0.1, 0.15) is 51.2 Å². The van der Waals surface area contributed by atoms with Crippen molar-refractivity contribution in [3.8, 4) is 0 Å². The lowest BCUT2D eigenvalue weighted by atomic mass is 9.71. The first-order chi connectivity index (χ1) is 18.1. The standard InChI is InChI=1S/C29H26F3N3O3/c1-35-23-10-4-3-9-22(23)24(33-21-8-5-7-20(17-21)29(30,31)32)25(35)26(36)34-28(15-6-16-28)19-13-11-18(12-14-19)27(37)38-2/h3-5,7-14,17,33H,6,15-16H2,1-2H3,(H,34,36). The first-order valence-corrected chi connectivity index (χ1v) is 12.2. The summed E-state index contributed by atoms with van der Waals surface area (Å²) in [6.45, 7) is 0. The minimum absolute atomic E-state index is 0.224. The minimum atomic E-state index is -4.49. The van der Waals surface area contributed by atoms with Gasteiger partial charge >= 0.3 is 12.1 Å². The number of ether oxygens (including phenoxy) is 1. The number of alkyl halides is 3. The number of para-hydroxylation sites is 1. The molecule has 38 heavy (non-hydrogen) atoms. The maximum atomic E-state index is 13.8. The summed E-state index contributed by atoms with van der Waals surface area (Å²) in [5, 5.41) is 6.99. The van der Waals surface area contributed by atoms with Gasteiger partial charge in [-0.3, -0.25) is 4.79 Å². The topological polar surface area (TPSA) is 72.4 Å². The maximum Gasteiger partial charge on any atom is 0.416 e. The van der Waals surface area contributed by atoms with Crippen LogP contribution in [0.15, 0.2) is 72.8 Å². The molecular formula is C29H26F3N3O3. The summed E-state index contributed by atoms with van der Waals surface area (Å²) in [5.41, 5.74) is 1.61. The number of benzene rings is 3. The molecule has 0 aliphatic heterocycles. The van der Waals surface area contributed by atoms with Gasteiger partial charge in [-0.1, -0.05) is 36.4 Å². The first-order valence-electron chi connectivity index (χ1n) is 12.2. The Kier molecular flexibility index (Phi) is 6.38. The monoisotopic (exact) mass is 521 g/mol. The number of hydrogen-bond donors (Lipinski definition) is 2. The average Bonchev–Trinajstić information content (AvgIpc) is 3.17. The van der Waals surface area contributed by atoms with E-state index in [-0.39, 0.29) is 11.6 Å². The number of anilines is 2. The lowest BCUT2D eigenvalue weighted by Gasteiger charge is -2.43. The number of esters is 1. The van der Waals surface area contributed by atoms with E-state index in [0.29, 0.717) is 22.3 Å². The quantitative estimate of drug-likeness (QED) is 0.283. The smallest absolute Gasteiger partial charge is 0.416 e. The van der Waals surface area contributed by atoms with Gasteiger partial charge in [0.05, 0.1) is 35.0 Å². The van der Waals surface area contributed by atoms with Crippen molar-refractivity contribution < 1.29 is 27.5 Å². The van der Waals surface area contributed by atoms with Crippen molar-refractivity contribution in [2.45, 2.75) is 31.0 Å². The molecule has 2 N–H and O–H groups in total. The third-order valence-corrected chi connectivity index (χ3v) is 7.20. The molecule has 9 heteroatoms. The van der Waals surface area contributed by atoms with Crippen LogP contribution in [0.25, 0.3) is 10.9 Å². The van der Waals surface area contributed by atoms with E-state index < -0.39 is 23.2 Å². The first kappa shape index (κ1) is 25.4. The number of nitrogens with one attached hydrogen (secondary N) is 2. The summed E-state index contributed by atoms with van der Waals surface area (Å²) in [6.07, 6.45) is -2.13. The molecule has 1 aliphatic carbocycles. The van der Waals surface area contributed by atoms with Gasteiger partial charge in [-0.05, 0) is 61.2 Å². The lowest BCUT2D eigenvalue weighted by molar-refractivity contribution is -0.137. The van der Waals surface area contributed by atoms with Crippen LogP contribution >= 0.6 is 0 Å². The number of amides is 1. The van der Waals surface area contributed by atoms with Crippen molar-refractivity contribution in [1.82, 2.24) is 9.88 Å². The van der Waals surface area contributed by atoms with Gasteiger partial charge in [-0.25, -0.2) is 4.79 Å². The van der Waals surface area contributed by atoms with Crippen molar-refractivity contribution in [2.24, 2.45) is 7.05 Å². The van der Waals surface area contributed by atoms with Crippen LogP contribution < -0.4 is 10.6 Å². The van der Waals surface area contributed by atoms with E-state index in [9.17, 15) is 22.8 Å². The summed E-state index contributed by atoms with van der Waals surface area (Å²) < 4.78 is 46.5. The molecule has 1 saturated carbocycles. The highest BCUT2D eigenvalue weighted by Crippen LogP contribution is 2.42. The summed E-state index contributed by atoms with van der Waals surface area (Å²) in [7, 11) is 3.08. The zero-order valence-corrected chi connectivity index (χ0v) is 20.9. The Labute approximate surface area is 217 Å². The molecule has 4 aromatic rings. The van der Waals surface area contributed by atoms with Gasteiger partial charge in [0.15, 0.2) is 0 Å². The van der Waals surface area contributed by atoms with Crippen molar-refractivity contribution in [3.63, 3.8) is 0 Å². The van der Waals surface area contributed by atoms with Crippen LogP contribution in [0.2, 0.25) is 0 Å². The molecule has 0 radical (unpaired) electrons. The van der Waals surface area contributed by atoms with E-state index in [2.05, 4.69) is 10.6 Å². The van der Waals surface area contributed by atoms with Crippen LogP contribution in [0.5, 0.6) is 0 Å². The Balaban J connectivity index is 1.52. The van der Waals surface area contributed by atoms with Crippen molar-refractivity contribution in [2.75, 3.05) is 12.4 Å². The second kappa shape index (κ2) is 9.55. The van der Waals surface area contributed by atoms with E-state index in [0.717, 1.165) is 42.5 Å². The third kappa shape index (κ3) is 4.49. The fourth-order valence-electron chi connectivity index (χ4n) is 5.04. The number of fused-ring (bicyclic) bond motifs is 1. The van der Waals surface area contributed by atoms with Gasteiger partial charge in [0, 0.05) is 18.1 Å². The van der Waals surface area contributed by atoms with E-state index in [1.54, 1.807) is 23.7 Å². The number of hydrogen-bond acceptors (Lipinski definition) is 4. The highest BCUT2D eigenvalue weighted by atomic mass is 19.4. The molecule has 196 valence electrons. The molecule has 0 bridgehead atoms. The molecular weight excluding hydrogens is 495 g/mol. The minimum Gasteiger partial charge on any atom is -0.465 e. The van der Waals surface area contributed by atoms with E-state index in [1.165, 1.54) is 19.2 Å². The van der Waals surface area contributed by atoms with Gasteiger partial charge in [0.2, 0.25) is 0 Å². The number of carbonyl (C=O) groups excluding carboxylic acids is 2. The fraction of sp³-hybridized carbons (Fsp3) is 0.241. The lowest BCUT2D eigenvalue weighted by Crippen LogP contribution is -2.51. The Morgan fingerprint density at radius 1 is 0.974 bits per heavy atom. The molecule has 1 aliphatic rings. The number of rotatable bonds is 6. The maximum absolute atomic E-state index is 13.8. The van der Waals surface area contributed by atoms with Crippen LogP contribution in [-0.4, -0.2) is 23.6 Å². The zero-order chi connectivity index (χ0) is 27.1. The number of carbonyl (C=O) groups is 2. The summed E-state index contributed by atoms with van der Waals surface area (Å²) in [6, 6.07) is 19.2. The summed E-state index contributed by atoms with van der Waals surface area (Å²) >= 11 is 0. The fourth-order valence-corrected chi connectivity index (χ4v) is 5.04. The van der Waals surface area contributed by atoms with E-state index in [1.807, 2.05) is 36.4 Å². The molecule has 0 saturated heterocycles. The summed E-state index contributed by atoms with van der Waals surface area (Å²) in [4.78, 5) is 25.7. The van der Waals surface area contributed by atoms with Gasteiger partial charge in [0.25, 0.3) is 5.91 Å². The normalized spacial score (nSPS) is 14.6. The molecule has 6 nitrogen and oxygen atoms in total. The van der Waals surface area contributed by atoms with Crippen LogP contribution in [0.3, 0.4) is 0 Å². The van der Waals surface area contributed by atoms with Crippen LogP contribution in [-0.2, 0) is 23.5 Å². The Hall–Kier alpha value is -4.27. The SMILES string of the molecule is COC(=O)c1ccc(C2(NC(=O)c3c(Nc4cccc(C(F)(F)F)c4)c4ccccc4n3C)CCC2)cc1. The predicted molar refractivity (Wildman–Crippen MR) is 138 cm³/mol. The van der Waals surface area contributed by atoms with Crippen molar-refractivity contribution >= 4 is 34.2 Å². The average molecular weight is 522 g/mol. The molecule has 5 rings (SSSR count). The number of halogens is 3. The van der Waals surface area contributed by atoms with Gasteiger partial charge in [0.1, 0.15) is 5.69 Å². The highest BCUT2D eigenvalue weighted by Gasteiger charge is 2.41. The van der Waals surface area contributed by atoms with Gasteiger partial charge in [-0.2, -0.15) is 13.2 Å². The molecule has 0 spiro atoms. The molecule has 1 aromatic heterocycles. The Bertz CT molecular complexity index is 1520. The third-order valence-electron chi connectivity index (χ3n) is 7.20. The second-order valence-electron chi connectivity index (χ2n) is 9.46. The largest absolute Gasteiger partial charge is 0.465 e. The Morgan fingerprint density at radius 3 is 2.32 bits per heavy atom. The molecule has 1 fully saturated rings. The van der Waals surface area contributed by atoms with Gasteiger partial charge < -0.3 is 19.9 Å². The van der Waals surface area contributed by atoms with E-state index >= 15 is 0 Å².